The molecule has 1 aliphatic heterocycles. The Hall–Kier alpha value is -1.41. The first-order chi connectivity index (χ1) is 10.4. The highest BCUT2D eigenvalue weighted by atomic mass is 35.5. The minimum Gasteiger partial charge on any atom is -0.375 e. The summed E-state index contributed by atoms with van der Waals surface area (Å²) in [6.45, 7) is 3.23. The van der Waals surface area contributed by atoms with Crippen LogP contribution in [0.25, 0.3) is 0 Å². The van der Waals surface area contributed by atoms with Gasteiger partial charge in [-0.3, -0.25) is 14.9 Å². The highest BCUT2D eigenvalue weighted by molar-refractivity contribution is 6.31. The highest BCUT2D eigenvalue weighted by Crippen LogP contribution is 2.23. The van der Waals surface area contributed by atoms with E-state index >= 15 is 0 Å². The van der Waals surface area contributed by atoms with Gasteiger partial charge in [0.15, 0.2) is 0 Å². The van der Waals surface area contributed by atoms with E-state index in [-0.39, 0.29) is 36.7 Å². The molecule has 0 aromatic heterocycles. The van der Waals surface area contributed by atoms with Crippen molar-refractivity contribution < 1.29 is 14.5 Å². The van der Waals surface area contributed by atoms with Crippen molar-refractivity contribution in [1.29, 1.82) is 0 Å². The van der Waals surface area contributed by atoms with E-state index in [1.807, 2.05) is 6.92 Å². The molecule has 2 rings (SSSR count). The second-order valence-corrected chi connectivity index (χ2v) is 5.64. The summed E-state index contributed by atoms with van der Waals surface area (Å²) in [5.41, 5.74) is 0.490. The summed E-state index contributed by atoms with van der Waals surface area (Å²) in [6, 6.07) is 3.78. The molecule has 2 atom stereocenters. The first kappa shape index (κ1) is 19.6. The largest absolute Gasteiger partial charge is 0.375 e. The van der Waals surface area contributed by atoms with Gasteiger partial charge in [0.1, 0.15) is 6.04 Å². The summed E-state index contributed by atoms with van der Waals surface area (Å²) in [5, 5.41) is 14.3. The quantitative estimate of drug-likeness (QED) is 0.653. The van der Waals surface area contributed by atoms with Gasteiger partial charge in [0.25, 0.3) is 5.69 Å². The lowest BCUT2D eigenvalue weighted by Crippen LogP contribution is -2.55. The van der Waals surface area contributed by atoms with Gasteiger partial charge in [-0.1, -0.05) is 11.6 Å². The van der Waals surface area contributed by atoms with Crippen LogP contribution in [0.15, 0.2) is 18.2 Å². The molecule has 0 saturated carbocycles. The average Bonchev–Trinajstić information content (AvgIpc) is 2.49. The fourth-order valence-corrected chi connectivity index (χ4v) is 2.55. The molecular weight excluding hydrogens is 345 g/mol. The predicted molar refractivity (Wildman–Crippen MR) is 89.0 cm³/mol. The fraction of sp³-hybridized carbons (Fsp3) is 0.500. The van der Waals surface area contributed by atoms with Crippen LogP contribution < -0.4 is 5.32 Å². The van der Waals surface area contributed by atoms with Gasteiger partial charge in [0, 0.05) is 37.3 Å². The smallest absolute Gasteiger partial charge is 0.269 e. The molecule has 23 heavy (non-hydrogen) atoms. The summed E-state index contributed by atoms with van der Waals surface area (Å²) < 4.78 is 5.46. The molecule has 1 N–H and O–H groups in total. The Bertz CT molecular complexity index is 585. The summed E-state index contributed by atoms with van der Waals surface area (Å²) in [7, 11) is 1.64. The number of halogens is 2. The van der Waals surface area contributed by atoms with E-state index in [0.29, 0.717) is 23.7 Å². The van der Waals surface area contributed by atoms with Gasteiger partial charge >= 0.3 is 0 Å². The van der Waals surface area contributed by atoms with E-state index in [0.717, 1.165) is 0 Å². The topological polar surface area (TPSA) is 84.7 Å². The zero-order chi connectivity index (χ0) is 16.3. The zero-order valence-corrected chi connectivity index (χ0v) is 14.4. The van der Waals surface area contributed by atoms with Gasteiger partial charge < -0.3 is 15.0 Å². The summed E-state index contributed by atoms with van der Waals surface area (Å²) >= 11 is 6.06. The van der Waals surface area contributed by atoms with Gasteiger partial charge in [-0.15, -0.1) is 12.4 Å². The fourth-order valence-electron chi connectivity index (χ4n) is 2.38. The molecule has 9 heteroatoms. The third-order valence-electron chi connectivity index (χ3n) is 3.61. The monoisotopic (exact) mass is 363 g/mol. The second kappa shape index (κ2) is 8.44. The Morgan fingerprint density at radius 2 is 2.26 bits per heavy atom. The first-order valence-electron chi connectivity index (χ1n) is 6.93. The molecule has 1 aromatic carbocycles. The molecule has 0 radical (unpaired) electrons. The molecule has 1 aromatic rings. The number of carbonyl (C=O) groups excluding carboxylic acids is 1. The number of hydrogen-bond acceptors (Lipinski definition) is 5. The standard InChI is InChI=1S/C14H18ClN3O4.ClH/c1-9-13(16-5-6-22-9)14(19)17(2)8-10-7-11(18(20)21)3-4-12(10)15;/h3-4,7,9,13,16H,5-6,8H2,1-2H3;1H/t9-,13+;/m1./s1. The molecule has 128 valence electrons. The number of rotatable bonds is 4. The first-order valence-corrected chi connectivity index (χ1v) is 7.30. The number of carbonyl (C=O) groups is 1. The average molecular weight is 364 g/mol. The van der Waals surface area contributed by atoms with E-state index in [1.54, 1.807) is 7.05 Å². The number of benzene rings is 1. The van der Waals surface area contributed by atoms with Crippen molar-refractivity contribution in [2.24, 2.45) is 0 Å². The molecule has 1 fully saturated rings. The number of morpholine rings is 1. The zero-order valence-electron chi connectivity index (χ0n) is 12.8. The lowest BCUT2D eigenvalue weighted by atomic mass is 10.1. The number of ether oxygens (including phenoxy) is 1. The van der Waals surface area contributed by atoms with Crippen molar-refractivity contribution in [2.75, 3.05) is 20.2 Å². The molecule has 1 heterocycles. The van der Waals surface area contributed by atoms with E-state index < -0.39 is 11.0 Å². The van der Waals surface area contributed by atoms with Crippen LogP contribution >= 0.6 is 24.0 Å². The van der Waals surface area contributed by atoms with Gasteiger partial charge in [-0.2, -0.15) is 0 Å². The number of hydrogen-bond donors (Lipinski definition) is 1. The number of likely N-dealkylation sites (N-methyl/N-ethyl adjacent to an activating group) is 1. The van der Waals surface area contributed by atoms with Crippen molar-refractivity contribution in [3.05, 3.63) is 38.9 Å². The van der Waals surface area contributed by atoms with E-state index in [9.17, 15) is 14.9 Å². The normalized spacial score (nSPS) is 20.5. The summed E-state index contributed by atoms with van der Waals surface area (Å²) in [4.78, 5) is 24.3. The molecule has 0 bridgehead atoms. The van der Waals surface area contributed by atoms with Crippen LogP contribution in [0.2, 0.25) is 5.02 Å². The highest BCUT2D eigenvalue weighted by Gasteiger charge is 2.30. The van der Waals surface area contributed by atoms with Crippen LogP contribution in [0.4, 0.5) is 5.69 Å². The van der Waals surface area contributed by atoms with Crippen molar-refractivity contribution in [3.63, 3.8) is 0 Å². The minimum absolute atomic E-state index is 0. The number of nitrogens with one attached hydrogen (secondary N) is 1. The van der Waals surface area contributed by atoms with Crippen LogP contribution in [0.5, 0.6) is 0 Å². The molecule has 1 aliphatic rings. The maximum absolute atomic E-state index is 12.4. The maximum Gasteiger partial charge on any atom is 0.269 e. The number of non-ortho nitro benzene ring substituents is 1. The Kier molecular flexibility index (Phi) is 7.21. The number of nitrogens with zero attached hydrogens (tertiary/aromatic N) is 2. The molecule has 0 spiro atoms. The van der Waals surface area contributed by atoms with Crippen LogP contribution in [0.1, 0.15) is 12.5 Å². The lowest BCUT2D eigenvalue weighted by molar-refractivity contribution is -0.384. The SMILES string of the molecule is C[C@H]1OCCN[C@@H]1C(=O)N(C)Cc1cc([N+](=O)[O-])ccc1Cl.Cl. The Balaban J connectivity index is 0.00000264. The number of nitro groups is 1. The van der Waals surface area contributed by atoms with Crippen molar-refractivity contribution in [2.45, 2.75) is 25.6 Å². The van der Waals surface area contributed by atoms with E-state index in [2.05, 4.69) is 5.32 Å². The number of amides is 1. The molecule has 0 unspecified atom stereocenters. The third-order valence-corrected chi connectivity index (χ3v) is 3.98. The van der Waals surface area contributed by atoms with Gasteiger partial charge in [0.05, 0.1) is 17.6 Å². The summed E-state index contributed by atoms with van der Waals surface area (Å²) in [5.74, 6) is -0.130. The molecule has 1 saturated heterocycles. The Labute approximate surface area is 145 Å². The number of nitro benzene ring substituents is 1. The van der Waals surface area contributed by atoms with Gasteiger partial charge in [-0.25, -0.2) is 0 Å². The van der Waals surface area contributed by atoms with E-state index in [4.69, 9.17) is 16.3 Å². The minimum atomic E-state index is -0.486. The molecular formula is C14H19Cl2N3O4. The van der Waals surface area contributed by atoms with Gasteiger partial charge in [0.2, 0.25) is 5.91 Å². The van der Waals surface area contributed by atoms with E-state index in [1.165, 1.54) is 23.1 Å². The predicted octanol–water partition coefficient (Wildman–Crippen LogP) is 2.01. The summed E-state index contributed by atoms with van der Waals surface area (Å²) in [6.07, 6.45) is -0.218. The van der Waals surface area contributed by atoms with Crippen molar-refractivity contribution in [1.82, 2.24) is 10.2 Å². The Morgan fingerprint density at radius 1 is 1.57 bits per heavy atom. The second-order valence-electron chi connectivity index (χ2n) is 5.23. The van der Waals surface area contributed by atoms with Gasteiger partial charge in [-0.05, 0) is 18.6 Å². The van der Waals surface area contributed by atoms with Crippen molar-refractivity contribution >= 4 is 35.6 Å². The van der Waals surface area contributed by atoms with Crippen LogP contribution in [0, 0.1) is 10.1 Å². The van der Waals surface area contributed by atoms with Crippen LogP contribution in [0.3, 0.4) is 0 Å². The molecule has 7 nitrogen and oxygen atoms in total. The third kappa shape index (κ3) is 4.78. The van der Waals surface area contributed by atoms with Crippen molar-refractivity contribution in [3.8, 4) is 0 Å². The molecule has 1 amide bonds. The molecule has 0 aliphatic carbocycles. The van der Waals surface area contributed by atoms with Crippen LogP contribution in [-0.2, 0) is 16.1 Å². The maximum atomic E-state index is 12.4. The van der Waals surface area contributed by atoms with Crippen LogP contribution in [-0.4, -0.2) is 48.1 Å². The lowest BCUT2D eigenvalue weighted by Gasteiger charge is -2.32. The Morgan fingerprint density at radius 3 is 2.87 bits per heavy atom.